The zero-order chi connectivity index (χ0) is 17.9. The van der Waals surface area contributed by atoms with E-state index in [9.17, 15) is 0 Å². The molecule has 9 heteroatoms. The van der Waals surface area contributed by atoms with E-state index < -0.39 is 0 Å². The van der Waals surface area contributed by atoms with Crippen LogP contribution in [0.25, 0.3) is 0 Å². The van der Waals surface area contributed by atoms with Crippen LogP contribution in [0.5, 0.6) is 0 Å². The molecule has 4 rings (SSSR count). The highest BCUT2D eigenvalue weighted by atomic mass is 16.7. The lowest BCUT2D eigenvalue weighted by molar-refractivity contribution is -0.144. The van der Waals surface area contributed by atoms with Gasteiger partial charge in [-0.2, -0.15) is 10.0 Å². The van der Waals surface area contributed by atoms with Gasteiger partial charge in [0.15, 0.2) is 5.82 Å². The van der Waals surface area contributed by atoms with Crippen molar-refractivity contribution in [1.29, 1.82) is 0 Å². The van der Waals surface area contributed by atoms with Crippen molar-refractivity contribution in [2.75, 3.05) is 33.9 Å². The highest BCUT2D eigenvalue weighted by Crippen LogP contribution is 2.33. The Morgan fingerprint density at radius 1 is 1.15 bits per heavy atom. The molecule has 2 aromatic rings. The molecule has 1 fully saturated rings. The number of aromatic nitrogens is 5. The summed E-state index contributed by atoms with van der Waals surface area (Å²) in [5, 5.41) is 14.8. The van der Waals surface area contributed by atoms with Crippen LogP contribution in [0, 0.1) is 0 Å². The molecule has 1 aliphatic heterocycles. The maximum atomic E-state index is 5.64. The molecule has 26 heavy (non-hydrogen) atoms. The molecule has 0 aromatic carbocycles. The number of methoxy groups -OCH3 is 1. The molecule has 1 aliphatic carbocycles. The third-order valence-corrected chi connectivity index (χ3v) is 5.48. The highest BCUT2D eigenvalue weighted by Gasteiger charge is 2.31. The first-order valence-electron chi connectivity index (χ1n) is 9.31. The van der Waals surface area contributed by atoms with Gasteiger partial charge in [0, 0.05) is 38.5 Å². The molecule has 0 radical (unpaired) electrons. The first kappa shape index (κ1) is 17.6. The van der Waals surface area contributed by atoms with Crippen LogP contribution in [0.3, 0.4) is 0 Å². The Labute approximate surface area is 152 Å². The first-order valence-corrected chi connectivity index (χ1v) is 9.31. The first-order chi connectivity index (χ1) is 12.8. The summed E-state index contributed by atoms with van der Waals surface area (Å²) in [6, 6.07) is 0. The number of piperidine rings is 1. The summed E-state index contributed by atoms with van der Waals surface area (Å²) in [4.78, 5) is 10.0. The summed E-state index contributed by atoms with van der Waals surface area (Å²) in [6.45, 7) is 3.16. The molecule has 142 valence electrons. The van der Waals surface area contributed by atoms with Gasteiger partial charge in [-0.05, 0) is 25.7 Å². The average Bonchev–Trinajstić information content (AvgIpc) is 3.33. The highest BCUT2D eigenvalue weighted by molar-refractivity contribution is 5.19. The van der Waals surface area contributed by atoms with Crippen molar-refractivity contribution in [2.45, 2.75) is 50.5 Å². The van der Waals surface area contributed by atoms with Crippen molar-refractivity contribution < 1.29 is 14.1 Å². The van der Waals surface area contributed by atoms with E-state index in [1.807, 2.05) is 9.75 Å². The number of ether oxygens (including phenoxy) is 1. The minimum atomic E-state index is 0.239. The normalized spacial score (nSPS) is 21.8. The Balaban J connectivity index is 1.43. The minimum absolute atomic E-state index is 0.239. The van der Waals surface area contributed by atoms with Crippen LogP contribution in [0.1, 0.15) is 54.2 Å². The van der Waals surface area contributed by atoms with E-state index in [1.165, 1.54) is 5.69 Å². The summed E-state index contributed by atoms with van der Waals surface area (Å²) in [5.74, 6) is 2.18. The van der Waals surface area contributed by atoms with Crippen LogP contribution >= 0.6 is 0 Å². The summed E-state index contributed by atoms with van der Waals surface area (Å²) in [6.07, 6.45) is 4.71. The van der Waals surface area contributed by atoms with Gasteiger partial charge in [0.25, 0.3) is 0 Å². The second-order valence-electron chi connectivity index (χ2n) is 7.02. The lowest BCUT2D eigenvalue weighted by Crippen LogP contribution is -2.32. The van der Waals surface area contributed by atoms with E-state index in [0.717, 1.165) is 69.1 Å². The second kappa shape index (κ2) is 7.81. The van der Waals surface area contributed by atoms with Crippen LogP contribution in [0.4, 0.5) is 0 Å². The monoisotopic (exact) mass is 362 g/mol. The molecule has 1 unspecified atom stereocenters. The molecule has 0 spiro atoms. The summed E-state index contributed by atoms with van der Waals surface area (Å²) < 4.78 is 12.8. The van der Waals surface area contributed by atoms with Crippen LogP contribution in [0.15, 0.2) is 4.52 Å². The zero-order valence-electron chi connectivity index (χ0n) is 15.4. The van der Waals surface area contributed by atoms with Gasteiger partial charge >= 0.3 is 0 Å². The number of hydrogen-bond donors (Lipinski definition) is 0. The Morgan fingerprint density at radius 3 is 2.77 bits per heavy atom. The molecule has 2 aliphatic rings. The standard InChI is InChI=1S/C17H26N6O3/c1-24-10-9-23-15-11-13(3-4-14(15)19-21-23)17-18-16(20-26-17)12-5-7-22(25-2)8-6-12/h12-13H,3-11H2,1-2H3. The van der Waals surface area contributed by atoms with Crippen molar-refractivity contribution in [3.05, 3.63) is 23.1 Å². The largest absolute Gasteiger partial charge is 0.383 e. The number of hydroxylamine groups is 2. The summed E-state index contributed by atoms with van der Waals surface area (Å²) >= 11 is 0. The maximum absolute atomic E-state index is 5.64. The van der Waals surface area contributed by atoms with Crippen molar-refractivity contribution in [3.8, 4) is 0 Å². The van der Waals surface area contributed by atoms with Gasteiger partial charge in [-0.15, -0.1) is 5.10 Å². The van der Waals surface area contributed by atoms with Gasteiger partial charge in [0.1, 0.15) is 0 Å². The Morgan fingerprint density at radius 2 is 2.00 bits per heavy atom. The summed E-state index contributed by atoms with van der Waals surface area (Å²) in [7, 11) is 3.42. The molecule has 1 saturated heterocycles. The number of rotatable bonds is 6. The van der Waals surface area contributed by atoms with E-state index in [1.54, 1.807) is 14.2 Å². The van der Waals surface area contributed by atoms with Gasteiger partial charge in [0.05, 0.1) is 31.6 Å². The van der Waals surface area contributed by atoms with Crippen molar-refractivity contribution in [3.63, 3.8) is 0 Å². The minimum Gasteiger partial charge on any atom is -0.383 e. The Bertz CT molecular complexity index is 722. The van der Waals surface area contributed by atoms with E-state index in [-0.39, 0.29) is 5.92 Å². The molecular formula is C17H26N6O3. The van der Waals surface area contributed by atoms with Crippen molar-refractivity contribution >= 4 is 0 Å². The Kier molecular flexibility index (Phi) is 5.28. The lowest BCUT2D eigenvalue weighted by Gasteiger charge is -2.28. The molecule has 2 aromatic heterocycles. The van der Waals surface area contributed by atoms with Crippen molar-refractivity contribution in [2.24, 2.45) is 0 Å². The fraction of sp³-hybridized carbons (Fsp3) is 0.765. The van der Waals surface area contributed by atoms with E-state index in [4.69, 9.17) is 19.1 Å². The van der Waals surface area contributed by atoms with Crippen LogP contribution in [0.2, 0.25) is 0 Å². The van der Waals surface area contributed by atoms with Gasteiger partial charge < -0.3 is 14.1 Å². The van der Waals surface area contributed by atoms with Gasteiger partial charge in [0.2, 0.25) is 5.89 Å². The topological polar surface area (TPSA) is 91.3 Å². The van der Waals surface area contributed by atoms with Crippen molar-refractivity contribution in [1.82, 2.24) is 30.2 Å². The fourth-order valence-electron chi connectivity index (χ4n) is 3.88. The van der Waals surface area contributed by atoms with E-state index in [2.05, 4.69) is 15.5 Å². The third-order valence-electron chi connectivity index (χ3n) is 5.48. The van der Waals surface area contributed by atoms with Crippen LogP contribution in [-0.4, -0.2) is 64.1 Å². The van der Waals surface area contributed by atoms with E-state index >= 15 is 0 Å². The molecule has 1 atom stereocenters. The predicted molar refractivity (Wildman–Crippen MR) is 91.5 cm³/mol. The molecule has 9 nitrogen and oxygen atoms in total. The van der Waals surface area contributed by atoms with Gasteiger partial charge in [-0.1, -0.05) is 10.4 Å². The molecule has 0 N–H and O–H groups in total. The average molecular weight is 362 g/mol. The molecular weight excluding hydrogens is 336 g/mol. The number of hydrogen-bond acceptors (Lipinski definition) is 8. The second-order valence-corrected chi connectivity index (χ2v) is 7.02. The Hall–Kier alpha value is -1.84. The van der Waals surface area contributed by atoms with E-state index in [0.29, 0.717) is 12.5 Å². The SMILES string of the molecule is COCCn1nnc2c1CC(c1nc(C3CCN(OC)CC3)no1)CC2. The number of fused-ring (bicyclic) bond motifs is 1. The van der Waals surface area contributed by atoms with Gasteiger partial charge in [-0.25, -0.2) is 4.68 Å². The molecule has 0 bridgehead atoms. The zero-order valence-corrected chi connectivity index (χ0v) is 15.4. The van der Waals surface area contributed by atoms with Crippen LogP contribution in [-0.2, 0) is 29.0 Å². The summed E-state index contributed by atoms with van der Waals surface area (Å²) in [5.41, 5.74) is 2.26. The van der Waals surface area contributed by atoms with Gasteiger partial charge in [-0.3, -0.25) is 0 Å². The maximum Gasteiger partial charge on any atom is 0.230 e. The molecule has 0 amide bonds. The third kappa shape index (κ3) is 3.51. The molecule has 3 heterocycles. The smallest absolute Gasteiger partial charge is 0.230 e. The number of nitrogens with zero attached hydrogens (tertiary/aromatic N) is 6. The molecule has 0 saturated carbocycles. The quantitative estimate of drug-likeness (QED) is 0.760. The fourth-order valence-corrected chi connectivity index (χ4v) is 3.88. The predicted octanol–water partition coefficient (Wildman–Crippen LogP) is 1.32. The van der Waals surface area contributed by atoms with Crippen LogP contribution < -0.4 is 0 Å². The number of aryl methyl sites for hydroxylation is 1. The lowest BCUT2D eigenvalue weighted by atomic mass is 9.89.